The molecule has 2 aromatic heterocycles. The van der Waals surface area contributed by atoms with Crippen LogP contribution in [0.25, 0.3) is 21.8 Å². The van der Waals surface area contributed by atoms with Crippen LogP contribution in [0, 0.1) is 5.82 Å². The quantitative estimate of drug-likeness (QED) is 0.417. The number of H-pyrrole nitrogens is 2. The number of pyridine rings is 1. The maximum absolute atomic E-state index is 13.9. The van der Waals surface area contributed by atoms with Crippen LogP contribution in [0.1, 0.15) is 10.4 Å². The van der Waals surface area contributed by atoms with E-state index < -0.39 is 32.3 Å². The van der Waals surface area contributed by atoms with Crippen molar-refractivity contribution in [1.29, 1.82) is 0 Å². The molecule has 0 spiro atoms. The Bertz CT molecular complexity index is 1420. The summed E-state index contributed by atoms with van der Waals surface area (Å²) in [6.45, 7) is 0. The minimum Gasteiger partial charge on any atom is -0.478 e. The summed E-state index contributed by atoms with van der Waals surface area (Å²) in [5, 5.41) is 9.84. The van der Waals surface area contributed by atoms with E-state index in [1.54, 1.807) is 0 Å². The predicted molar refractivity (Wildman–Crippen MR) is 101 cm³/mol. The van der Waals surface area contributed by atoms with Gasteiger partial charge in [0.15, 0.2) is 0 Å². The number of carboxylic acids is 1. The largest absolute Gasteiger partial charge is 0.478 e. The smallest absolute Gasteiger partial charge is 0.337 e. The zero-order chi connectivity index (χ0) is 20.1. The fourth-order valence-corrected chi connectivity index (χ4v) is 4.16. The van der Waals surface area contributed by atoms with Crippen molar-refractivity contribution in [2.75, 3.05) is 4.72 Å². The first kappa shape index (κ1) is 17.7. The second kappa shape index (κ2) is 6.20. The molecule has 0 aliphatic rings. The summed E-state index contributed by atoms with van der Waals surface area (Å²) in [6, 6.07) is 9.13. The van der Waals surface area contributed by atoms with Gasteiger partial charge in [0.25, 0.3) is 15.6 Å². The summed E-state index contributed by atoms with van der Waals surface area (Å²) in [6.07, 6.45) is 1.19. The van der Waals surface area contributed by atoms with Crippen LogP contribution in [0.3, 0.4) is 0 Å². The highest BCUT2D eigenvalue weighted by molar-refractivity contribution is 7.92. The Kier molecular flexibility index (Phi) is 3.93. The van der Waals surface area contributed by atoms with Crippen LogP contribution < -0.4 is 10.3 Å². The van der Waals surface area contributed by atoms with Gasteiger partial charge in [0.05, 0.1) is 5.56 Å². The zero-order valence-corrected chi connectivity index (χ0v) is 14.8. The molecule has 0 unspecified atom stereocenters. The molecule has 0 saturated heterocycles. The number of anilines is 1. The lowest BCUT2D eigenvalue weighted by molar-refractivity contribution is 0.0699. The molecule has 0 aliphatic heterocycles. The van der Waals surface area contributed by atoms with Crippen molar-refractivity contribution in [3.63, 3.8) is 0 Å². The SMILES string of the molecule is O=C(O)c1c[nH]c2c(=O)[nH]c3ccc(NS(=O)(=O)c4ccccc4F)cc3c12. The fourth-order valence-electron chi connectivity index (χ4n) is 3.03. The topological polar surface area (TPSA) is 132 Å². The first-order valence-corrected chi connectivity index (χ1v) is 9.44. The van der Waals surface area contributed by atoms with Gasteiger partial charge in [0, 0.05) is 28.2 Å². The number of aromatic nitrogens is 2. The number of carbonyl (C=O) groups is 1. The Hall–Kier alpha value is -3.66. The number of fused-ring (bicyclic) bond motifs is 3. The van der Waals surface area contributed by atoms with Crippen LogP contribution in [-0.4, -0.2) is 29.5 Å². The van der Waals surface area contributed by atoms with E-state index in [4.69, 9.17) is 0 Å². The Labute approximate surface area is 156 Å². The van der Waals surface area contributed by atoms with E-state index >= 15 is 0 Å². The van der Waals surface area contributed by atoms with Gasteiger partial charge >= 0.3 is 5.97 Å². The van der Waals surface area contributed by atoms with Crippen molar-refractivity contribution in [3.05, 3.63) is 70.4 Å². The number of aromatic carboxylic acids is 1. The molecule has 4 rings (SSSR count). The van der Waals surface area contributed by atoms with Gasteiger partial charge in [0.1, 0.15) is 16.2 Å². The van der Waals surface area contributed by atoms with Crippen molar-refractivity contribution in [2.24, 2.45) is 0 Å². The zero-order valence-electron chi connectivity index (χ0n) is 14.0. The van der Waals surface area contributed by atoms with E-state index in [0.29, 0.717) is 10.9 Å². The number of benzene rings is 2. The fraction of sp³-hybridized carbons (Fsp3) is 0. The molecular formula is C18H12FN3O5S. The summed E-state index contributed by atoms with van der Waals surface area (Å²) in [7, 11) is -4.21. The van der Waals surface area contributed by atoms with E-state index in [1.165, 1.54) is 36.5 Å². The molecule has 8 nitrogen and oxygen atoms in total. The van der Waals surface area contributed by atoms with Crippen LogP contribution in [-0.2, 0) is 10.0 Å². The molecule has 4 N–H and O–H groups in total. The summed E-state index contributed by atoms with van der Waals surface area (Å²) < 4.78 is 41.1. The number of nitrogens with one attached hydrogen (secondary N) is 3. The van der Waals surface area contributed by atoms with Crippen molar-refractivity contribution >= 4 is 43.5 Å². The average molecular weight is 401 g/mol. The molecule has 0 fully saturated rings. The number of sulfonamides is 1. The van der Waals surface area contributed by atoms with Crippen molar-refractivity contribution in [2.45, 2.75) is 4.90 Å². The molecule has 142 valence electrons. The third kappa shape index (κ3) is 2.79. The lowest BCUT2D eigenvalue weighted by atomic mass is 10.1. The molecular weight excluding hydrogens is 389 g/mol. The molecule has 0 aliphatic carbocycles. The number of hydrogen-bond donors (Lipinski definition) is 4. The van der Waals surface area contributed by atoms with E-state index in [0.717, 1.165) is 12.1 Å². The van der Waals surface area contributed by atoms with Crippen molar-refractivity contribution in [3.8, 4) is 0 Å². The predicted octanol–water partition coefficient (Wildman–Crippen LogP) is 2.65. The standard InChI is InChI=1S/C18H12FN3O5S/c19-12-3-1-2-4-14(12)28(26,27)22-9-5-6-13-10(7-9)15-11(18(24)25)8-20-16(15)17(23)21-13/h1-8,20,22H,(H,21,23)(H,24,25). The average Bonchev–Trinajstić information content (AvgIpc) is 3.08. The van der Waals surface area contributed by atoms with E-state index in [9.17, 15) is 27.5 Å². The van der Waals surface area contributed by atoms with Gasteiger partial charge in [-0.2, -0.15) is 0 Å². The van der Waals surface area contributed by atoms with Gasteiger partial charge in [0.2, 0.25) is 0 Å². The van der Waals surface area contributed by atoms with Gasteiger partial charge in [-0.15, -0.1) is 0 Å². The number of carboxylic acid groups (broad SMARTS) is 1. The third-order valence-electron chi connectivity index (χ3n) is 4.25. The monoisotopic (exact) mass is 401 g/mol. The molecule has 2 aromatic carbocycles. The van der Waals surface area contributed by atoms with Gasteiger partial charge in [-0.25, -0.2) is 17.6 Å². The maximum atomic E-state index is 13.9. The van der Waals surface area contributed by atoms with Crippen LogP contribution in [0.2, 0.25) is 0 Å². The van der Waals surface area contributed by atoms with Gasteiger partial charge in [-0.05, 0) is 30.3 Å². The first-order valence-electron chi connectivity index (χ1n) is 7.96. The Morgan fingerprint density at radius 3 is 2.61 bits per heavy atom. The number of hydrogen-bond acceptors (Lipinski definition) is 4. The summed E-state index contributed by atoms with van der Waals surface area (Å²) in [4.78, 5) is 28.3. The van der Waals surface area contributed by atoms with Crippen molar-refractivity contribution < 1.29 is 22.7 Å². The molecule has 0 atom stereocenters. The highest BCUT2D eigenvalue weighted by atomic mass is 32.2. The summed E-state index contributed by atoms with van der Waals surface area (Å²) in [5.74, 6) is -2.14. The summed E-state index contributed by atoms with van der Waals surface area (Å²) >= 11 is 0. The molecule has 10 heteroatoms. The lowest BCUT2D eigenvalue weighted by Crippen LogP contribution is -2.14. The highest BCUT2D eigenvalue weighted by Gasteiger charge is 2.20. The van der Waals surface area contributed by atoms with Gasteiger partial charge in [-0.1, -0.05) is 12.1 Å². The summed E-state index contributed by atoms with van der Waals surface area (Å²) in [5.41, 5.74) is -0.163. The lowest BCUT2D eigenvalue weighted by Gasteiger charge is -2.10. The second-order valence-corrected chi connectivity index (χ2v) is 7.66. The third-order valence-corrected chi connectivity index (χ3v) is 5.67. The van der Waals surface area contributed by atoms with Crippen LogP contribution in [0.4, 0.5) is 10.1 Å². The molecule has 0 radical (unpaired) electrons. The van der Waals surface area contributed by atoms with Gasteiger partial charge in [-0.3, -0.25) is 9.52 Å². The number of rotatable bonds is 4. The van der Waals surface area contributed by atoms with Crippen LogP contribution in [0.15, 0.2) is 58.4 Å². The second-order valence-electron chi connectivity index (χ2n) is 6.01. The van der Waals surface area contributed by atoms with Gasteiger partial charge < -0.3 is 15.1 Å². The molecule has 0 bridgehead atoms. The molecule has 4 aromatic rings. The Balaban J connectivity index is 1.90. The van der Waals surface area contributed by atoms with E-state index in [1.807, 2.05) is 0 Å². The van der Waals surface area contributed by atoms with Crippen LogP contribution >= 0.6 is 0 Å². The molecule has 0 amide bonds. The normalized spacial score (nSPS) is 11.8. The van der Waals surface area contributed by atoms with Crippen molar-refractivity contribution in [1.82, 2.24) is 9.97 Å². The molecule has 0 saturated carbocycles. The number of halogens is 1. The number of aromatic amines is 2. The van der Waals surface area contributed by atoms with E-state index in [-0.39, 0.29) is 22.2 Å². The Morgan fingerprint density at radius 2 is 1.89 bits per heavy atom. The minimum absolute atomic E-state index is 0.0546. The maximum Gasteiger partial charge on any atom is 0.337 e. The molecule has 28 heavy (non-hydrogen) atoms. The van der Waals surface area contributed by atoms with Crippen LogP contribution in [0.5, 0.6) is 0 Å². The molecule has 2 heterocycles. The first-order chi connectivity index (χ1) is 13.3. The minimum atomic E-state index is -4.21. The Morgan fingerprint density at radius 1 is 1.14 bits per heavy atom. The highest BCUT2D eigenvalue weighted by Crippen LogP contribution is 2.28. The van der Waals surface area contributed by atoms with E-state index in [2.05, 4.69) is 14.7 Å².